The topological polar surface area (TPSA) is 103 Å². The zero-order valence-electron chi connectivity index (χ0n) is 13.3. The highest BCUT2D eigenvalue weighted by molar-refractivity contribution is 5.14. The van der Waals surface area contributed by atoms with Gasteiger partial charge in [-0.2, -0.15) is 0 Å². The van der Waals surface area contributed by atoms with Gasteiger partial charge in [-0.25, -0.2) is 9.36 Å². The lowest BCUT2D eigenvalue weighted by Crippen LogP contribution is -2.46. The van der Waals surface area contributed by atoms with Crippen molar-refractivity contribution in [3.63, 3.8) is 0 Å². The zero-order valence-corrected chi connectivity index (χ0v) is 13.3. The van der Waals surface area contributed by atoms with Crippen LogP contribution in [0.3, 0.4) is 0 Å². The molecule has 1 aromatic carbocycles. The van der Waals surface area contributed by atoms with E-state index in [2.05, 4.69) is 4.98 Å². The molecule has 2 unspecified atom stereocenters. The number of benzene rings is 1. The summed E-state index contributed by atoms with van der Waals surface area (Å²) in [5.74, 6) is 0. The Kier molecular flexibility index (Phi) is 4.04. The summed E-state index contributed by atoms with van der Waals surface area (Å²) in [4.78, 5) is 26.6. The average molecular weight is 346 g/mol. The lowest BCUT2D eigenvalue weighted by molar-refractivity contribution is -0.190. The van der Waals surface area contributed by atoms with Gasteiger partial charge in [-0.05, 0) is 5.56 Å². The first-order chi connectivity index (χ1) is 12.1. The highest BCUT2D eigenvalue weighted by atomic mass is 16.7. The van der Waals surface area contributed by atoms with Crippen molar-refractivity contribution in [2.75, 3.05) is 13.2 Å². The van der Waals surface area contributed by atoms with Crippen LogP contribution in [0.1, 0.15) is 11.8 Å². The molecular formula is C17H18N2O6. The van der Waals surface area contributed by atoms with Crippen molar-refractivity contribution in [2.45, 2.75) is 30.6 Å². The molecule has 8 heteroatoms. The summed E-state index contributed by atoms with van der Waals surface area (Å²) in [5.41, 5.74) is -1.22. The largest absolute Gasteiger partial charge is 0.393 e. The van der Waals surface area contributed by atoms with Gasteiger partial charge in [-0.1, -0.05) is 30.3 Å². The number of hydrogen-bond donors (Lipinski definition) is 2. The van der Waals surface area contributed by atoms with E-state index in [1.807, 2.05) is 30.3 Å². The molecule has 4 atom stereocenters. The quantitative estimate of drug-likeness (QED) is 0.776. The van der Waals surface area contributed by atoms with E-state index in [0.717, 1.165) is 10.1 Å². The van der Waals surface area contributed by atoms with Crippen molar-refractivity contribution >= 4 is 0 Å². The first-order valence-electron chi connectivity index (χ1n) is 8.01. The molecule has 2 N–H and O–H groups in total. The van der Waals surface area contributed by atoms with Gasteiger partial charge in [-0.3, -0.25) is 4.79 Å². The number of aliphatic hydroxyl groups excluding tert-OH is 1. The number of nitrogens with one attached hydrogen (secondary N) is 1. The van der Waals surface area contributed by atoms with Gasteiger partial charge in [0.15, 0.2) is 6.23 Å². The SMILES string of the molecule is O=c1cc[nH]c(=O)n1[C@@H]1O[C@@]2(CO)COC1C2OCc1ccccc1. The molecule has 3 heterocycles. The number of hydrogen-bond acceptors (Lipinski definition) is 6. The number of aliphatic hydroxyl groups is 1. The molecule has 2 aliphatic rings. The standard InChI is InChI=1S/C17H18N2O6/c20-9-17-10-24-13(14(17)23-8-11-4-2-1-3-5-11)15(25-17)19-12(21)6-7-18-16(19)22/h1-7,13-15,20H,8-10H2,(H,18,22)/t13?,14?,15-,17+/m1/s1. The minimum Gasteiger partial charge on any atom is -0.393 e. The molecule has 2 aromatic rings. The fourth-order valence-corrected chi connectivity index (χ4v) is 3.40. The number of rotatable bonds is 5. The maximum atomic E-state index is 12.1. The lowest BCUT2D eigenvalue weighted by atomic mass is 10.00. The first kappa shape index (κ1) is 16.2. The minimum absolute atomic E-state index is 0.142. The monoisotopic (exact) mass is 346 g/mol. The third-order valence-electron chi connectivity index (χ3n) is 4.66. The molecule has 2 saturated heterocycles. The second-order valence-electron chi connectivity index (χ2n) is 6.22. The maximum absolute atomic E-state index is 12.1. The van der Waals surface area contributed by atoms with Crippen LogP contribution in [0.4, 0.5) is 0 Å². The van der Waals surface area contributed by atoms with E-state index in [-0.39, 0.29) is 13.2 Å². The molecule has 0 saturated carbocycles. The van der Waals surface area contributed by atoms with Gasteiger partial charge in [-0.15, -0.1) is 0 Å². The number of fused-ring (bicyclic) bond motifs is 2. The van der Waals surface area contributed by atoms with Crippen molar-refractivity contribution < 1.29 is 19.3 Å². The molecule has 2 aliphatic heterocycles. The molecule has 132 valence electrons. The maximum Gasteiger partial charge on any atom is 0.330 e. The molecule has 2 bridgehead atoms. The number of ether oxygens (including phenoxy) is 3. The van der Waals surface area contributed by atoms with Gasteiger partial charge < -0.3 is 24.3 Å². The van der Waals surface area contributed by atoms with E-state index in [0.29, 0.717) is 6.61 Å². The fraction of sp³-hybridized carbons (Fsp3) is 0.412. The number of aromatic nitrogens is 2. The van der Waals surface area contributed by atoms with Crippen molar-refractivity contribution in [3.8, 4) is 0 Å². The molecule has 0 aliphatic carbocycles. The van der Waals surface area contributed by atoms with Gasteiger partial charge in [0, 0.05) is 12.3 Å². The van der Waals surface area contributed by atoms with Crippen molar-refractivity contribution in [2.24, 2.45) is 0 Å². The van der Waals surface area contributed by atoms with Gasteiger partial charge in [0.1, 0.15) is 17.8 Å². The minimum atomic E-state index is -1.09. The van der Waals surface area contributed by atoms with Crippen molar-refractivity contribution in [1.29, 1.82) is 0 Å². The van der Waals surface area contributed by atoms with Crippen LogP contribution in [0.5, 0.6) is 0 Å². The summed E-state index contributed by atoms with van der Waals surface area (Å²) in [6, 6.07) is 10.8. The Bertz CT molecular complexity index is 835. The summed E-state index contributed by atoms with van der Waals surface area (Å²) < 4.78 is 18.5. The molecule has 0 spiro atoms. The molecule has 2 fully saturated rings. The highest BCUT2D eigenvalue weighted by Gasteiger charge is 2.63. The van der Waals surface area contributed by atoms with Crippen molar-refractivity contribution in [3.05, 3.63) is 69.0 Å². The van der Waals surface area contributed by atoms with E-state index in [4.69, 9.17) is 14.2 Å². The second kappa shape index (κ2) is 6.23. The highest BCUT2D eigenvalue weighted by Crippen LogP contribution is 2.45. The average Bonchev–Trinajstić information content (AvgIpc) is 3.13. The third kappa shape index (κ3) is 2.63. The van der Waals surface area contributed by atoms with Gasteiger partial charge in [0.2, 0.25) is 0 Å². The van der Waals surface area contributed by atoms with Crippen molar-refractivity contribution in [1.82, 2.24) is 9.55 Å². The Morgan fingerprint density at radius 3 is 2.80 bits per heavy atom. The van der Waals surface area contributed by atoms with E-state index in [9.17, 15) is 14.7 Å². The molecule has 4 rings (SSSR count). The van der Waals surface area contributed by atoms with Crippen LogP contribution < -0.4 is 11.2 Å². The normalized spacial score (nSPS) is 30.7. The summed E-state index contributed by atoms with van der Waals surface area (Å²) in [7, 11) is 0. The molecule has 1 aromatic heterocycles. The van der Waals surface area contributed by atoms with Crippen LogP contribution in [0.2, 0.25) is 0 Å². The van der Waals surface area contributed by atoms with Gasteiger partial charge in [0.05, 0.1) is 19.8 Å². The van der Waals surface area contributed by atoms with E-state index in [1.54, 1.807) is 0 Å². The zero-order chi connectivity index (χ0) is 17.4. The third-order valence-corrected chi connectivity index (χ3v) is 4.66. The Morgan fingerprint density at radius 1 is 1.28 bits per heavy atom. The Hall–Kier alpha value is -2.26. The molecule has 0 radical (unpaired) electrons. The first-order valence-corrected chi connectivity index (χ1v) is 8.01. The van der Waals surface area contributed by atoms with Crippen LogP contribution >= 0.6 is 0 Å². The number of nitrogens with zero attached hydrogens (tertiary/aromatic N) is 1. The Labute approximate surface area is 142 Å². The summed E-state index contributed by atoms with van der Waals surface area (Å²) >= 11 is 0. The summed E-state index contributed by atoms with van der Waals surface area (Å²) in [5, 5.41) is 9.86. The van der Waals surface area contributed by atoms with E-state index < -0.39 is 35.3 Å². The van der Waals surface area contributed by atoms with Crippen LogP contribution in [0.25, 0.3) is 0 Å². The molecular weight excluding hydrogens is 328 g/mol. The smallest absolute Gasteiger partial charge is 0.330 e. The van der Waals surface area contributed by atoms with E-state index in [1.165, 1.54) is 12.3 Å². The summed E-state index contributed by atoms with van der Waals surface area (Å²) in [6.07, 6.45) is -0.911. The molecule has 0 amide bonds. The fourth-order valence-electron chi connectivity index (χ4n) is 3.40. The van der Waals surface area contributed by atoms with Gasteiger partial charge >= 0.3 is 5.69 Å². The Balaban J connectivity index is 1.62. The Morgan fingerprint density at radius 2 is 2.08 bits per heavy atom. The van der Waals surface area contributed by atoms with E-state index >= 15 is 0 Å². The summed E-state index contributed by atoms with van der Waals surface area (Å²) in [6.45, 7) is 0.117. The lowest BCUT2D eigenvalue weighted by Gasteiger charge is -2.29. The van der Waals surface area contributed by atoms with Gasteiger partial charge in [0.25, 0.3) is 5.56 Å². The number of H-pyrrole nitrogens is 1. The molecule has 25 heavy (non-hydrogen) atoms. The van der Waals surface area contributed by atoms with Crippen LogP contribution in [0, 0.1) is 0 Å². The van der Waals surface area contributed by atoms with Crippen LogP contribution in [-0.4, -0.2) is 45.7 Å². The predicted octanol–water partition coefficient (Wildman–Crippen LogP) is -0.219. The number of aromatic amines is 1. The second-order valence-corrected chi connectivity index (χ2v) is 6.22. The predicted molar refractivity (Wildman–Crippen MR) is 86.0 cm³/mol. The van der Waals surface area contributed by atoms with Crippen LogP contribution in [0.15, 0.2) is 52.2 Å². The molecule has 8 nitrogen and oxygen atoms in total. The van der Waals surface area contributed by atoms with Crippen LogP contribution in [-0.2, 0) is 20.8 Å².